The Labute approximate surface area is 120 Å². The highest BCUT2D eigenvalue weighted by Gasteiger charge is 2.08. The Bertz CT molecular complexity index is 384. The summed E-state index contributed by atoms with van der Waals surface area (Å²) in [5.74, 6) is 0. The van der Waals surface area contributed by atoms with Crippen molar-refractivity contribution in [1.29, 1.82) is 0 Å². The third-order valence-electron chi connectivity index (χ3n) is 2.93. The van der Waals surface area contributed by atoms with Crippen LogP contribution in [0.2, 0.25) is 0 Å². The van der Waals surface area contributed by atoms with Crippen LogP contribution in [0.15, 0.2) is 30.3 Å². The zero-order chi connectivity index (χ0) is 14.8. The average Bonchev–Trinajstić information content (AvgIpc) is 2.44. The van der Waals surface area contributed by atoms with Crippen LogP contribution in [0.5, 0.6) is 0 Å². The maximum Gasteiger partial charge on any atom is 0.315 e. The van der Waals surface area contributed by atoms with Crippen LogP contribution >= 0.6 is 0 Å². The molecular weight excluding hydrogens is 254 g/mol. The number of hydrogen-bond donors (Lipinski definition) is 4. The lowest BCUT2D eigenvalue weighted by Gasteiger charge is -2.18. The lowest BCUT2D eigenvalue weighted by atomic mass is 10.2. The number of hydrogen-bond acceptors (Lipinski definition) is 3. The van der Waals surface area contributed by atoms with Gasteiger partial charge in [0.25, 0.3) is 0 Å². The van der Waals surface area contributed by atoms with E-state index in [1.54, 1.807) is 0 Å². The van der Waals surface area contributed by atoms with E-state index in [2.05, 4.69) is 16.0 Å². The third kappa shape index (κ3) is 6.99. The molecule has 0 aliphatic carbocycles. The molecule has 2 atom stereocenters. The number of amides is 2. The molecule has 0 radical (unpaired) electrons. The maximum atomic E-state index is 11.7. The fourth-order valence-electron chi connectivity index (χ4n) is 1.86. The van der Waals surface area contributed by atoms with Gasteiger partial charge in [0, 0.05) is 30.9 Å². The van der Waals surface area contributed by atoms with Gasteiger partial charge in [-0.3, -0.25) is 0 Å². The molecule has 0 aliphatic rings. The Morgan fingerprint density at radius 2 is 1.90 bits per heavy atom. The Kier molecular flexibility index (Phi) is 7.50. The van der Waals surface area contributed by atoms with E-state index in [0.717, 1.165) is 12.1 Å². The van der Waals surface area contributed by atoms with Gasteiger partial charge < -0.3 is 21.1 Å². The van der Waals surface area contributed by atoms with Crippen LogP contribution in [-0.4, -0.2) is 36.4 Å². The molecule has 2 unspecified atom stereocenters. The largest absolute Gasteiger partial charge is 0.396 e. The topological polar surface area (TPSA) is 73.4 Å². The molecule has 0 heterocycles. The van der Waals surface area contributed by atoms with Crippen LogP contribution in [-0.2, 0) is 0 Å². The number of rotatable bonds is 8. The van der Waals surface area contributed by atoms with Gasteiger partial charge >= 0.3 is 6.03 Å². The van der Waals surface area contributed by atoms with Gasteiger partial charge in [0.05, 0.1) is 0 Å². The van der Waals surface area contributed by atoms with E-state index < -0.39 is 0 Å². The van der Waals surface area contributed by atoms with Gasteiger partial charge in [-0.1, -0.05) is 18.2 Å². The molecule has 4 N–H and O–H groups in total. The highest BCUT2D eigenvalue weighted by molar-refractivity contribution is 5.74. The Morgan fingerprint density at radius 3 is 2.55 bits per heavy atom. The highest BCUT2D eigenvalue weighted by atomic mass is 16.3. The zero-order valence-electron chi connectivity index (χ0n) is 12.2. The number of urea groups is 1. The number of anilines is 1. The predicted molar refractivity (Wildman–Crippen MR) is 81.8 cm³/mol. The second kappa shape index (κ2) is 9.20. The fourth-order valence-corrected chi connectivity index (χ4v) is 1.86. The number of carbonyl (C=O) groups excluding carboxylic acids is 1. The molecule has 5 heteroatoms. The summed E-state index contributed by atoms with van der Waals surface area (Å²) in [6.45, 7) is 4.66. The molecule has 0 saturated carbocycles. The smallest absolute Gasteiger partial charge is 0.315 e. The van der Waals surface area contributed by atoms with E-state index >= 15 is 0 Å². The van der Waals surface area contributed by atoms with Gasteiger partial charge in [-0.2, -0.15) is 0 Å². The zero-order valence-corrected chi connectivity index (χ0v) is 12.2. The maximum absolute atomic E-state index is 11.7. The fraction of sp³-hybridized carbons (Fsp3) is 0.533. The van der Waals surface area contributed by atoms with Crippen LogP contribution in [0.1, 0.15) is 26.7 Å². The van der Waals surface area contributed by atoms with Crippen LogP contribution in [0.4, 0.5) is 10.5 Å². The van der Waals surface area contributed by atoms with Crippen LogP contribution in [0, 0.1) is 0 Å². The van der Waals surface area contributed by atoms with Crippen LogP contribution in [0.3, 0.4) is 0 Å². The minimum atomic E-state index is -0.169. The molecule has 1 rings (SSSR count). The Morgan fingerprint density at radius 1 is 1.20 bits per heavy atom. The first-order valence-electron chi connectivity index (χ1n) is 7.08. The van der Waals surface area contributed by atoms with Crippen molar-refractivity contribution in [2.45, 2.75) is 38.8 Å². The van der Waals surface area contributed by atoms with E-state index in [9.17, 15) is 4.79 Å². The van der Waals surface area contributed by atoms with E-state index in [1.807, 2.05) is 44.2 Å². The van der Waals surface area contributed by atoms with Gasteiger partial charge in [0.1, 0.15) is 0 Å². The number of carbonyl (C=O) groups is 1. The molecular formula is C15H25N3O2. The summed E-state index contributed by atoms with van der Waals surface area (Å²) in [4.78, 5) is 11.7. The molecule has 112 valence electrons. The van der Waals surface area contributed by atoms with Crippen molar-refractivity contribution in [2.24, 2.45) is 0 Å². The molecule has 2 amide bonds. The Balaban J connectivity index is 2.20. The first-order valence-corrected chi connectivity index (χ1v) is 7.08. The van der Waals surface area contributed by atoms with Crippen molar-refractivity contribution in [3.05, 3.63) is 30.3 Å². The summed E-state index contributed by atoms with van der Waals surface area (Å²) in [6, 6.07) is 9.94. The van der Waals surface area contributed by atoms with Crippen molar-refractivity contribution >= 4 is 11.7 Å². The number of aliphatic hydroxyl groups excluding tert-OH is 1. The molecule has 0 bridgehead atoms. The van der Waals surface area contributed by atoms with E-state index in [0.29, 0.717) is 13.0 Å². The number of aliphatic hydroxyl groups is 1. The number of para-hydroxylation sites is 1. The lowest BCUT2D eigenvalue weighted by molar-refractivity contribution is 0.234. The summed E-state index contributed by atoms with van der Waals surface area (Å²) in [7, 11) is 0. The number of nitrogens with one attached hydrogen (secondary N) is 3. The molecule has 20 heavy (non-hydrogen) atoms. The molecule has 0 spiro atoms. The predicted octanol–water partition coefficient (Wildman–Crippen LogP) is 1.95. The summed E-state index contributed by atoms with van der Waals surface area (Å²) in [5, 5.41) is 17.7. The van der Waals surface area contributed by atoms with E-state index in [1.165, 1.54) is 0 Å². The van der Waals surface area contributed by atoms with E-state index in [4.69, 9.17) is 5.11 Å². The van der Waals surface area contributed by atoms with Gasteiger partial charge in [0.15, 0.2) is 0 Å². The second-order valence-electron chi connectivity index (χ2n) is 5.03. The lowest BCUT2D eigenvalue weighted by Crippen LogP contribution is -2.44. The van der Waals surface area contributed by atoms with Crippen molar-refractivity contribution in [2.75, 3.05) is 18.5 Å². The van der Waals surface area contributed by atoms with Gasteiger partial charge in [-0.15, -0.1) is 0 Å². The van der Waals surface area contributed by atoms with Gasteiger partial charge in [-0.05, 0) is 38.8 Å². The molecule has 0 fully saturated rings. The Hall–Kier alpha value is -1.75. The second-order valence-corrected chi connectivity index (χ2v) is 5.03. The molecule has 0 aromatic heterocycles. The third-order valence-corrected chi connectivity index (χ3v) is 2.93. The summed E-state index contributed by atoms with van der Waals surface area (Å²) >= 11 is 0. The first kappa shape index (κ1) is 16.3. The van der Waals surface area contributed by atoms with E-state index in [-0.39, 0.29) is 24.7 Å². The minimum absolute atomic E-state index is 0.0690. The molecule has 0 aliphatic heterocycles. The van der Waals surface area contributed by atoms with Gasteiger partial charge in [-0.25, -0.2) is 4.79 Å². The summed E-state index contributed by atoms with van der Waals surface area (Å²) in [6.07, 6.45) is 1.48. The molecule has 1 aromatic carbocycles. The monoisotopic (exact) mass is 279 g/mol. The summed E-state index contributed by atoms with van der Waals surface area (Å²) < 4.78 is 0. The minimum Gasteiger partial charge on any atom is -0.396 e. The normalized spacial score (nSPS) is 13.3. The summed E-state index contributed by atoms with van der Waals surface area (Å²) in [5.41, 5.74) is 1.04. The quantitative estimate of drug-likeness (QED) is 0.587. The molecule has 1 aromatic rings. The molecule has 0 saturated heterocycles. The van der Waals surface area contributed by atoms with Crippen LogP contribution < -0.4 is 16.0 Å². The highest BCUT2D eigenvalue weighted by Crippen LogP contribution is 2.06. The van der Waals surface area contributed by atoms with Crippen molar-refractivity contribution < 1.29 is 9.90 Å². The average molecular weight is 279 g/mol. The first-order chi connectivity index (χ1) is 9.61. The van der Waals surface area contributed by atoms with Gasteiger partial charge in [0.2, 0.25) is 0 Å². The number of benzene rings is 1. The standard InChI is InChI=1S/C15H25N3O2/c1-12(7-6-10-19)18-15(20)16-11-13(2)17-14-8-4-3-5-9-14/h3-5,8-9,12-13,17,19H,6-7,10-11H2,1-2H3,(H2,16,18,20). The molecule has 5 nitrogen and oxygen atoms in total. The van der Waals surface area contributed by atoms with Crippen molar-refractivity contribution in [3.63, 3.8) is 0 Å². The SMILES string of the molecule is CC(CCCO)NC(=O)NCC(C)Nc1ccccc1. The van der Waals surface area contributed by atoms with Crippen molar-refractivity contribution in [3.8, 4) is 0 Å². The van der Waals surface area contributed by atoms with Crippen molar-refractivity contribution in [1.82, 2.24) is 10.6 Å². The van der Waals surface area contributed by atoms with Crippen LogP contribution in [0.25, 0.3) is 0 Å².